The van der Waals surface area contributed by atoms with E-state index < -0.39 is 18.3 Å². The predicted molar refractivity (Wildman–Crippen MR) is 118 cm³/mol. The van der Waals surface area contributed by atoms with Gasteiger partial charge in [0.25, 0.3) is 0 Å². The van der Waals surface area contributed by atoms with Crippen LogP contribution in [0.4, 0.5) is 4.79 Å². The number of aliphatic hydroxyl groups excluding tert-OH is 2. The summed E-state index contributed by atoms with van der Waals surface area (Å²) in [6, 6.07) is 17.8. The van der Waals surface area contributed by atoms with Crippen molar-refractivity contribution in [1.29, 1.82) is 0 Å². The van der Waals surface area contributed by atoms with Gasteiger partial charge in [-0.05, 0) is 34.7 Å². The first-order chi connectivity index (χ1) is 15.1. The summed E-state index contributed by atoms with van der Waals surface area (Å²) in [6.07, 6.45) is 0.219. The van der Waals surface area contributed by atoms with E-state index in [1.807, 2.05) is 24.3 Å². The number of nitrogens with zero attached hydrogens (tertiary/aromatic N) is 1. The number of nitrogens with one attached hydrogen (secondary N) is 1. The maximum Gasteiger partial charge on any atom is 0.407 e. The summed E-state index contributed by atoms with van der Waals surface area (Å²) in [4.78, 5) is 16.0. The quantitative estimate of drug-likeness (QED) is 0.517. The van der Waals surface area contributed by atoms with E-state index in [4.69, 9.17) is 16.3 Å². The Hall–Kier alpha value is -2.93. The zero-order valence-corrected chi connectivity index (χ0v) is 17.5. The third-order valence-corrected chi connectivity index (χ3v) is 5.86. The largest absolute Gasteiger partial charge is 0.449 e. The number of carbonyl (C=O) groups excluding carboxylic acids is 1. The third-order valence-electron chi connectivity index (χ3n) is 5.54. The fourth-order valence-corrected chi connectivity index (χ4v) is 4.19. The standard InChI is InChI=1S/C24H23ClN2O4/c25-21-13-26-11-9-19(21)23(29)22(28)10-12-27-24(30)31-14-20-17-7-3-1-5-15(17)16-6-2-4-8-18(16)20/h1-9,11,13,20,22-23,28-29H,10,12,14H2,(H,27,30). The lowest BCUT2D eigenvalue weighted by atomic mass is 9.98. The number of fused-ring (bicyclic) bond motifs is 3. The number of aliphatic hydroxyl groups is 2. The summed E-state index contributed by atoms with van der Waals surface area (Å²) < 4.78 is 5.46. The zero-order chi connectivity index (χ0) is 21.8. The highest BCUT2D eigenvalue weighted by atomic mass is 35.5. The van der Waals surface area contributed by atoms with Crippen LogP contribution >= 0.6 is 11.6 Å². The van der Waals surface area contributed by atoms with Gasteiger partial charge in [0.15, 0.2) is 0 Å². The first kappa shape index (κ1) is 21.3. The molecular formula is C24H23ClN2O4. The van der Waals surface area contributed by atoms with Crippen LogP contribution in [0, 0.1) is 0 Å². The molecule has 4 rings (SSSR count). The van der Waals surface area contributed by atoms with Crippen LogP contribution in [0.3, 0.4) is 0 Å². The predicted octanol–water partition coefficient (Wildman–Crippen LogP) is 4.06. The molecule has 6 nitrogen and oxygen atoms in total. The van der Waals surface area contributed by atoms with Crippen LogP contribution in [0.1, 0.15) is 35.1 Å². The van der Waals surface area contributed by atoms with Crippen molar-refractivity contribution < 1.29 is 19.7 Å². The van der Waals surface area contributed by atoms with Gasteiger partial charge in [0.2, 0.25) is 0 Å². The minimum absolute atomic E-state index is 0.0144. The number of ether oxygens (including phenoxy) is 1. The molecule has 160 valence electrons. The lowest BCUT2D eigenvalue weighted by molar-refractivity contribution is 0.0137. The Bertz CT molecular complexity index is 1030. The number of hydrogen-bond acceptors (Lipinski definition) is 5. The van der Waals surface area contributed by atoms with Crippen molar-refractivity contribution in [2.24, 2.45) is 0 Å². The van der Waals surface area contributed by atoms with Gasteiger partial charge in [0, 0.05) is 30.4 Å². The fraction of sp³-hybridized carbons (Fsp3) is 0.250. The number of alkyl carbamates (subject to hydrolysis) is 1. The van der Waals surface area contributed by atoms with E-state index in [1.165, 1.54) is 23.5 Å². The number of aromatic nitrogens is 1. The molecule has 1 aromatic heterocycles. The molecule has 0 fully saturated rings. The highest BCUT2D eigenvalue weighted by Crippen LogP contribution is 2.44. The van der Waals surface area contributed by atoms with Crippen LogP contribution in [-0.4, -0.2) is 40.5 Å². The molecule has 2 aromatic carbocycles. The average Bonchev–Trinajstić information content (AvgIpc) is 3.11. The number of carbonyl (C=O) groups is 1. The first-order valence-electron chi connectivity index (χ1n) is 10.1. The number of rotatable bonds is 7. The maximum atomic E-state index is 12.2. The van der Waals surface area contributed by atoms with E-state index in [2.05, 4.69) is 34.6 Å². The Labute approximate surface area is 185 Å². The molecule has 0 radical (unpaired) electrons. The summed E-state index contributed by atoms with van der Waals surface area (Å²) in [6.45, 7) is 0.370. The Morgan fingerprint density at radius 2 is 1.71 bits per heavy atom. The molecule has 2 unspecified atom stereocenters. The summed E-state index contributed by atoms with van der Waals surface area (Å²) in [5.74, 6) is -0.0144. The summed E-state index contributed by atoms with van der Waals surface area (Å²) >= 11 is 6.00. The van der Waals surface area contributed by atoms with E-state index in [-0.39, 0.29) is 30.5 Å². The van der Waals surface area contributed by atoms with Gasteiger partial charge in [-0.2, -0.15) is 0 Å². The van der Waals surface area contributed by atoms with E-state index in [9.17, 15) is 15.0 Å². The Morgan fingerprint density at radius 1 is 1.06 bits per heavy atom. The molecule has 0 bridgehead atoms. The second kappa shape index (κ2) is 9.47. The zero-order valence-electron chi connectivity index (χ0n) is 16.7. The van der Waals surface area contributed by atoms with E-state index in [0.717, 1.165) is 11.1 Å². The molecule has 0 spiro atoms. The summed E-state index contributed by atoms with van der Waals surface area (Å²) in [5, 5.41) is 23.4. The molecule has 0 saturated heterocycles. The van der Waals surface area contributed by atoms with Crippen LogP contribution in [0.15, 0.2) is 67.0 Å². The lowest BCUT2D eigenvalue weighted by Gasteiger charge is -2.19. The van der Waals surface area contributed by atoms with Crippen molar-refractivity contribution in [3.05, 3.63) is 88.7 Å². The molecule has 7 heteroatoms. The first-order valence-corrected chi connectivity index (χ1v) is 10.5. The molecule has 1 amide bonds. The third kappa shape index (κ3) is 4.56. The SMILES string of the molecule is O=C(NCCC(O)C(O)c1ccncc1Cl)OCC1c2ccccc2-c2ccccc21. The number of pyridine rings is 1. The average molecular weight is 439 g/mol. The Balaban J connectivity index is 1.29. The molecule has 1 heterocycles. The van der Waals surface area contributed by atoms with Crippen molar-refractivity contribution >= 4 is 17.7 Å². The van der Waals surface area contributed by atoms with Gasteiger partial charge in [-0.25, -0.2) is 4.79 Å². The number of amides is 1. The second-order valence-corrected chi connectivity index (χ2v) is 7.86. The summed E-state index contributed by atoms with van der Waals surface area (Å²) in [5.41, 5.74) is 5.01. The van der Waals surface area contributed by atoms with Gasteiger partial charge in [-0.15, -0.1) is 0 Å². The number of benzene rings is 2. The highest BCUT2D eigenvalue weighted by Gasteiger charge is 2.29. The molecule has 0 aliphatic heterocycles. The van der Waals surface area contributed by atoms with Crippen LogP contribution in [0.25, 0.3) is 11.1 Å². The lowest BCUT2D eigenvalue weighted by Crippen LogP contribution is -2.30. The van der Waals surface area contributed by atoms with Crippen molar-refractivity contribution in [1.82, 2.24) is 10.3 Å². The molecule has 3 N–H and O–H groups in total. The molecular weight excluding hydrogens is 416 g/mol. The minimum atomic E-state index is -1.17. The van der Waals surface area contributed by atoms with Crippen molar-refractivity contribution in [2.45, 2.75) is 24.5 Å². The van der Waals surface area contributed by atoms with Gasteiger partial charge in [0.05, 0.1) is 11.1 Å². The molecule has 1 aliphatic carbocycles. The molecule has 0 saturated carbocycles. The topological polar surface area (TPSA) is 91.7 Å². The van der Waals surface area contributed by atoms with Crippen molar-refractivity contribution in [3.63, 3.8) is 0 Å². The molecule has 2 atom stereocenters. The minimum Gasteiger partial charge on any atom is -0.449 e. The van der Waals surface area contributed by atoms with E-state index >= 15 is 0 Å². The maximum absolute atomic E-state index is 12.2. The normalized spacial score (nSPS) is 14.4. The molecule has 3 aromatic rings. The summed E-state index contributed by atoms with van der Waals surface area (Å²) in [7, 11) is 0. The Kier molecular flexibility index (Phi) is 6.51. The Morgan fingerprint density at radius 3 is 2.35 bits per heavy atom. The highest BCUT2D eigenvalue weighted by molar-refractivity contribution is 6.31. The van der Waals surface area contributed by atoms with Gasteiger partial charge < -0.3 is 20.3 Å². The number of halogens is 1. The van der Waals surface area contributed by atoms with Gasteiger partial charge in [0.1, 0.15) is 12.7 Å². The van der Waals surface area contributed by atoms with Crippen molar-refractivity contribution in [2.75, 3.05) is 13.2 Å². The van der Waals surface area contributed by atoms with Crippen molar-refractivity contribution in [3.8, 4) is 11.1 Å². The van der Waals surface area contributed by atoms with Crippen LogP contribution in [0.2, 0.25) is 5.02 Å². The van der Waals surface area contributed by atoms with E-state index in [0.29, 0.717) is 5.56 Å². The van der Waals surface area contributed by atoms with Crippen LogP contribution in [0.5, 0.6) is 0 Å². The van der Waals surface area contributed by atoms with Gasteiger partial charge in [-0.3, -0.25) is 4.98 Å². The number of hydrogen-bond donors (Lipinski definition) is 3. The van der Waals surface area contributed by atoms with Gasteiger partial charge in [-0.1, -0.05) is 60.1 Å². The molecule has 1 aliphatic rings. The van der Waals surface area contributed by atoms with Gasteiger partial charge >= 0.3 is 6.09 Å². The molecule has 31 heavy (non-hydrogen) atoms. The van der Waals surface area contributed by atoms with E-state index in [1.54, 1.807) is 6.07 Å². The smallest absolute Gasteiger partial charge is 0.407 e. The monoisotopic (exact) mass is 438 g/mol. The fourth-order valence-electron chi connectivity index (χ4n) is 3.96. The second-order valence-electron chi connectivity index (χ2n) is 7.45. The van der Waals surface area contributed by atoms with Crippen LogP contribution in [-0.2, 0) is 4.74 Å². The van der Waals surface area contributed by atoms with Crippen LogP contribution < -0.4 is 5.32 Å².